The van der Waals surface area contributed by atoms with Crippen LogP contribution in [0.25, 0.3) is 0 Å². The van der Waals surface area contributed by atoms with E-state index in [1.165, 1.54) is 11.3 Å². The fourth-order valence-corrected chi connectivity index (χ4v) is 2.32. The van der Waals surface area contributed by atoms with Gasteiger partial charge in [0.25, 0.3) is 0 Å². The molecule has 2 aromatic rings. The van der Waals surface area contributed by atoms with Gasteiger partial charge in [0.2, 0.25) is 0 Å². The van der Waals surface area contributed by atoms with Crippen LogP contribution in [0, 0.1) is 6.92 Å². The fraction of sp³-hybridized carbons (Fsp3) is 0.0833. The molecule has 0 saturated heterocycles. The van der Waals surface area contributed by atoms with Crippen molar-refractivity contribution in [1.82, 2.24) is 0 Å². The maximum Gasteiger partial charge on any atom is 0.348 e. The van der Waals surface area contributed by atoms with E-state index in [9.17, 15) is 4.79 Å². The number of hydrogen-bond donors (Lipinski definition) is 2. The molecule has 0 aliphatic heterocycles. The van der Waals surface area contributed by atoms with Crippen LogP contribution >= 0.6 is 22.9 Å². The normalized spacial score (nSPS) is 10.2. The Kier molecular flexibility index (Phi) is 3.36. The molecule has 0 fully saturated rings. The number of rotatable bonds is 3. The van der Waals surface area contributed by atoms with Gasteiger partial charge in [-0.15, -0.1) is 11.3 Å². The lowest BCUT2D eigenvalue weighted by Crippen LogP contribution is -1.99. The van der Waals surface area contributed by atoms with Crippen molar-refractivity contribution >= 4 is 40.3 Å². The van der Waals surface area contributed by atoms with Crippen LogP contribution in [-0.4, -0.2) is 11.1 Å². The largest absolute Gasteiger partial charge is 0.477 e. The van der Waals surface area contributed by atoms with Gasteiger partial charge in [-0.25, -0.2) is 4.79 Å². The van der Waals surface area contributed by atoms with E-state index >= 15 is 0 Å². The van der Waals surface area contributed by atoms with E-state index in [1.807, 2.05) is 25.1 Å². The molecule has 1 heterocycles. The van der Waals surface area contributed by atoms with E-state index < -0.39 is 5.97 Å². The molecule has 0 bridgehead atoms. The summed E-state index contributed by atoms with van der Waals surface area (Å²) < 4.78 is 0. The number of aromatic carboxylic acids is 1. The third-order valence-electron chi connectivity index (χ3n) is 2.32. The van der Waals surface area contributed by atoms with Gasteiger partial charge in [-0.05, 0) is 30.0 Å². The molecular weight excluding hydrogens is 258 g/mol. The average molecular weight is 268 g/mol. The number of hydrogen-bond acceptors (Lipinski definition) is 3. The molecule has 0 saturated carbocycles. The third-order valence-corrected chi connectivity index (χ3v) is 3.72. The Morgan fingerprint density at radius 2 is 2.12 bits per heavy atom. The molecule has 0 aliphatic carbocycles. The van der Waals surface area contributed by atoms with Crippen LogP contribution in [0.1, 0.15) is 15.2 Å². The molecule has 0 amide bonds. The van der Waals surface area contributed by atoms with E-state index in [1.54, 1.807) is 11.4 Å². The molecule has 0 aliphatic rings. The van der Waals surface area contributed by atoms with Crippen molar-refractivity contribution in [2.75, 3.05) is 5.32 Å². The minimum Gasteiger partial charge on any atom is -0.477 e. The second-order valence-electron chi connectivity index (χ2n) is 3.53. The van der Waals surface area contributed by atoms with Crippen molar-refractivity contribution < 1.29 is 9.90 Å². The summed E-state index contributed by atoms with van der Waals surface area (Å²) >= 11 is 7.32. The van der Waals surface area contributed by atoms with Crippen LogP contribution in [0.15, 0.2) is 29.6 Å². The highest BCUT2D eigenvalue weighted by Gasteiger charge is 2.12. The lowest BCUT2D eigenvalue weighted by Gasteiger charge is -2.09. The number of carboxylic acids is 1. The summed E-state index contributed by atoms with van der Waals surface area (Å²) in [6, 6.07) is 7.32. The summed E-state index contributed by atoms with van der Waals surface area (Å²) in [6.45, 7) is 1.90. The summed E-state index contributed by atoms with van der Waals surface area (Å²) in [5.74, 6) is -0.939. The first-order valence-electron chi connectivity index (χ1n) is 4.92. The standard InChI is InChI=1S/C12H10ClNO2S/c1-7-3-2-4-8(10(7)13)14-9-5-6-17-11(9)12(15)16/h2-6,14H,1H3,(H,15,16). The highest BCUT2D eigenvalue weighted by atomic mass is 35.5. The van der Waals surface area contributed by atoms with Gasteiger partial charge in [0.15, 0.2) is 0 Å². The van der Waals surface area contributed by atoms with Crippen LogP contribution in [0.3, 0.4) is 0 Å². The average Bonchev–Trinajstić information content (AvgIpc) is 2.73. The molecule has 2 rings (SSSR count). The zero-order valence-electron chi connectivity index (χ0n) is 9.03. The molecule has 1 aromatic carbocycles. The van der Waals surface area contributed by atoms with Crippen molar-refractivity contribution in [3.63, 3.8) is 0 Å². The van der Waals surface area contributed by atoms with E-state index in [2.05, 4.69) is 5.32 Å². The van der Waals surface area contributed by atoms with Gasteiger partial charge >= 0.3 is 5.97 Å². The second kappa shape index (κ2) is 4.77. The number of anilines is 2. The van der Waals surface area contributed by atoms with Crippen LogP contribution in [0.4, 0.5) is 11.4 Å². The van der Waals surface area contributed by atoms with E-state index in [-0.39, 0.29) is 4.88 Å². The Hall–Kier alpha value is -1.52. The Bertz CT molecular complexity index is 565. The quantitative estimate of drug-likeness (QED) is 0.878. The lowest BCUT2D eigenvalue weighted by atomic mass is 10.2. The summed E-state index contributed by atoms with van der Waals surface area (Å²) in [7, 11) is 0. The molecule has 88 valence electrons. The summed E-state index contributed by atoms with van der Waals surface area (Å²) in [5, 5.41) is 14.4. The molecule has 17 heavy (non-hydrogen) atoms. The number of halogens is 1. The number of benzene rings is 1. The first-order chi connectivity index (χ1) is 8.09. The van der Waals surface area contributed by atoms with Gasteiger partial charge in [0.1, 0.15) is 4.88 Å². The summed E-state index contributed by atoms with van der Waals surface area (Å²) in [5.41, 5.74) is 2.23. The Balaban J connectivity index is 2.35. The summed E-state index contributed by atoms with van der Waals surface area (Å²) in [4.78, 5) is 11.2. The third kappa shape index (κ3) is 2.43. The van der Waals surface area contributed by atoms with Crippen molar-refractivity contribution in [2.45, 2.75) is 6.92 Å². The number of aryl methyl sites for hydroxylation is 1. The van der Waals surface area contributed by atoms with Gasteiger partial charge < -0.3 is 10.4 Å². The predicted octanol–water partition coefficient (Wildman–Crippen LogP) is 4.15. The van der Waals surface area contributed by atoms with E-state index in [4.69, 9.17) is 16.7 Å². The number of carboxylic acid groups (broad SMARTS) is 1. The summed E-state index contributed by atoms with van der Waals surface area (Å²) in [6.07, 6.45) is 0. The maximum atomic E-state index is 11.0. The van der Waals surface area contributed by atoms with Crippen LogP contribution in [-0.2, 0) is 0 Å². The minimum atomic E-state index is -0.939. The van der Waals surface area contributed by atoms with Crippen LogP contribution < -0.4 is 5.32 Å². The minimum absolute atomic E-state index is 0.280. The monoisotopic (exact) mass is 267 g/mol. The van der Waals surface area contributed by atoms with Crippen molar-refractivity contribution in [3.8, 4) is 0 Å². The number of nitrogens with one attached hydrogen (secondary N) is 1. The zero-order valence-corrected chi connectivity index (χ0v) is 10.6. The van der Waals surface area contributed by atoms with Gasteiger partial charge in [0, 0.05) is 0 Å². The Labute approximate surface area is 108 Å². The van der Waals surface area contributed by atoms with Gasteiger partial charge in [-0.3, -0.25) is 0 Å². The molecule has 1 aromatic heterocycles. The SMILES string of the molecule is Cc1cccc(Nc2ccsc2C(=O)O)c1Cl. The second-order valence-corrected chi connectivity index (χ2v) is 4.82. The molecule has 2 N–H and O–H groups in total. The number of carbonyl (C=O) groups is 1. The molecule has 5 heteroatoms. The Morgan fingerprint density at radius 3 is 2.82 bits per heavy atom. The predicted molar refractivity (Wildman–Crippen MR) is 70.8 cm³/mol. The maximum absolute atomic E-state index is 11.0. The lowest BCUT2D eigenvalue weighted by molar-refractivity contribution is 0.0703. The topological polar surface area (TPSA) is 49.3 Å². The molecule has 0 radical (unpaired) electrons. The molecule has 0 unspecified atom stereocenters. The molecule has 0 atom stereocenters. The first-order valence-corrected chi connectivity index (χ1v) is 6.18. The van der Waals surface area contributed by atoms with Crippen LogP contribution in [0.2, 0.25) is 5.02 Å². The van der Waals surface area contributed by atoms with Gasteiger partial charge in [0.05, 0.1) is 16.4 Å². The van der Waals surface area contributed by atoms with Gasteiger partial charge in [-0.2, -0.15) is 0 Å². The number of thiophene rings is 1. The smallest absolute Gasteiger partial charge is 0.348 e. The van der Waals surface area contributed by atoms with Crippen LogP contribution in [0.5, 0.6) is 0 Å². The highest BCUT2D eigenvalue weighted by Crippen LogP contribution is 2.31. The van der Waals surface area contributed by atoms with Crippen molar-refractivity contribution in [3.05, 3.63) is 45.1 Å². The Morgan fingerprint density at radius 1 is 1.35 bits per heavy atom. The molecule has 3 nitrogen and oxygen atoms in total. The molecular formula is C12H10ClNO2S. The van der Waals surface area contributed by atoms with Gasteiger partial charge in [-0.1, -0.05) is 23.7 Å². The molecule has 0 spiro atoms. The van der Waals surface area contributed by atoms with Crippen molar-refractivity contribution in [1.29, 1.82) is 0 Å². The fourth-order valence-electron chi connectivity index (χ4n) is 1.46. The van der Waals surface area contributed by atoms with E-state index in [0.29, 0.717) is 16.4 Å². The zero-order chi connectivity index (χ0) is 12.4. The highest BCUT2D eigenvalue weighted by molar-refractivity contribution is 7.12. The van der Waals surface area contributed by atoms with E-state index in [0.717, 1.165) is 5.56 Å². The van der Waals surface area contributed by atoms with Crippen molar-refractivity contribution in [2.24, 2.45) is 0 Å². The first kappa shape index (κ1) is 12.0.